The van der Waals surface area contributed by atoms with Gasteiger partial charge in [0.15, 0.2) is 0 Å². The quantitative estimate of drug-likeness (QED) is 0.787. The molecule has 5 heteroatoms. The van der Waals surface area contributed by atoms with Crippen molar-refractivity contribution in [3.63, 3.8) is 0 Å². The Bertz CT molecular complexity index is 574. The van der Waals surface area contributed by atoms with Crippen molar-refractivity contribution in [3.05, 3.63) is 48.0 Å². The van der Waals surface area contributed by atoms with E-state index in [2.05, 4.69) is 11.9 Å². The fourth-order valence-electron chi connectivity index (χ4n) is 2.95. The standard InChI is InChI=1S/C18H24N2O3/c1-3-16(21)19-12-14-6-8-15(9-7-14)17(22)20(2)13-18(23)10-4-5-11-18/h3,6-9,23H,1,4-5,10-13H2,2H3,(H,19,21). The molecule has 1 aromatic rings. The molecule has 0 unspecified atom stereocenters. The number of likely N-dealkylation sites (N-methyl/N-ethyl adjacent to an activating group) is 1. The lowest BCUT2D eigenvalue weighted by Crippen LogP contribution is -2.42. The number of rotatable bonds is 6. The van der Waals surface area contributed by atoms with Crippen LogP contribution in [0.1, 0.15) is 41.6 Å². The maximum absolute atomic E-state index is 12.4. The number of benzene rings is 1. The van der Waals surface area contributed by atoms with Gasteiger partial charge in [-0.3, -0.25) is 9.59 Å². The van der Waals surface area contributed by atoms with Gasteiger partial charge in [0.2, 0.25) is 5.91 Å². The lowest BCUT2D eigenvalue weighted by atomic mass is 10.0. The minimum absolute atomic E-state index is 0.105. The minimum Gasteiger partial charge on any atom is -0.388 e. The number of hydrogen-bond acceptors (Lipinski definition) is 3. The molecule has 124 valence electrons. The number of nitrogens with one attached hydrogen (secondary N) is 1. The van der Waals surface area contributed by atoms with Gasteiger partial charge in [-0.1, -0.05) is 31.6 Å². The first-order valence-corrected chi connectivity index (χ1v) is 7.90. The fraction of sp³-hybridized carbons (Fsp3) is 0.444. The molecule has 0 aromatic heterocycles. The summed E-state index contributed by atoms with van der Waals surface area (Å²) in [6.07, 6.45) is 4.77. The van der Waals surface area contributed by atoms with E-state index in [9.17, 15) is 14.7 Å². The third-order valence-corrected chi connectivity index (χ3v) is 4.27. The molecule has 23 heavy (non-hydrogen) atoms. The summed E-state index contributed by atoms with van der Waals surface area (Å²) >= 11 is 0. The molecule has 2 N–H and O–H groups in total. The second-order valence-corrected chi connectivity index (χ2v) is 6.21. The van der Waals surface area contributed by atoms with E-state index in [0.717, 1.165) is 31.2 Å². The smallest absolute Gasteiger partial charge is 0.253 e. The van der Waals surface area contributed by atoms with Gasteiger partial charge in [-0.05, 0) is 36.6 Å². The summed E-state index contributed by atoms with van der Waals surface area (Å²) in [6.45, 7) is 4.16. The average Bonchev–Trinajstić information content (AvgIpc) is 2.98. The topological polar surface area (TPSA) is 69.6 Å². The Morgan fingerprint density at radius 3 is 2.48 bits per heavy atom. The third-order valence-electron chi connectivity index (χ3n) is 4.27. The van der Waals surface area contributed by atoms with Crippen LogP contribution < -0.4 is 5.32 Å². The molecule has 1 aliphatic rings. The average molecular weight is 316 g/mol. The van der Waals surface area contributed by atoms with E-state index in [4.69, 9.17) is 0 Å². The molecular weight excluding hydrogens is 292 g/mol. The Hall–Kier alpha value is -2.14. The predicted molar refractivity (Wildman–Crippen MR) is 88.9 cm³/mol. The molecule has 1 aliphatic carbocycles. The number of aliphatic hydroxyl groups is 1. The predicted octanol–water partition coefficient (Wildman–Crippen LogP) is 1.87. The maximum atomic E-state index is 12.4. The Labute approximate surface area is 137 Å². The first kappa shape index (κ1) is 17.2. The maximum Gasteiger partial charge on any atom is 0.253 e. The SMILES string of the molecule is C=CC(=O)NCc1ccc(C(=O)N(C)CC2(O)CCCC2)cc1. The minimum atomic E-state index is -0.737. The molecular formula is C18H24N2O3. The molecule has 0 radical (unpaired) electrons. The number of carbonyl (C=O) groups is 2. The van der Waals surface area contributed by atoms with Gasteiger partial charge in [0.25, 0.3) is 5.91 Å². The van der Waals surface area contributed by atoms with Crippen LogP contribution in [0.25, 0.3) is 0 Å². The monoisotopic (exact) mass is 316 g/mol. The third kappa shape index (κ3) is 4.66. The van der Waals surface area contributed by atoms with E-state index in [1.54, 1.807) is 24.1 Å². The van der Waals surface area contributed by atoms with Gasteiger partial charge in [0, 0.05) is 25.7 Å². The fourth-order valence-corrected chi connectivity index (χ4v) is 2.95. The van der Waals surface area contributed by atoms with Crippen molar-refractivity contribution in [1.82, 2.24) is 10.2 Å². The lowest BCUT2D eigenvalue weighted by Gasteiger charge is -2.28. The van der Waals surface area contributed by atoms with E-state index >= 15 is 0 Å². The van der Waals surface area contributed by atoms with Gasteiger partial charge in [0.05, 0.1) is 5.60 Å². The van der Waals surface area contributed by atoms with Crippen molar-refractivity contribution in [2.45, 2.75) is 37.8 Å². The molecule has 0 bridgehead atoms. The van der Waals surface area contributed by atoms with E-state index in [-0.39, 0.29) is 11.8 Å². The summed E-state index contributed by atoms with van der Waals surface area (Å²) in [7, 11) is 1.72. The molecule has 0 aliphatic heterocycles. The highest BCUT2D eigenvalue weighted by atomic mass is 16.3. The zero-order valence-electron chi connectivity index (χ0n) is 13.5. The van der Waals surface area contributed by atoms with Crippen LogP contribution in [0.5, 0.6) is 0 Å². The Morgan fingerprint density at radius 1 is 1.30 bits per heavy atom. The zero-order valence-corrected chi connectivity index (χ0v) is 13.5. The van der Waals surface area contributed by atoms with Crippen LogP contribution in [0.4, 0.5) is 0 Å². The van der Waals surface area contributed by atoms with Crippen molar-refractivity contribution in [2.24, 2.45) is 0 Å². The van der Waals surface area contributed by atoms with Crippen LogP contribution >= 0.6 is 0 Å². The van der Waals surface area contributed by atoms with Crippen molar-refractivity contribution >= 4 is 11.8 Å². The zero-order chi connectivity index (χ0) is 16.9. The number of nitrogens with zero attached hydrogens (tertiary/aromatic N) is 1. The molecule has 0 atom stereocenters. The van der Waals surface area contributed by atoms with Crippen LogP contribution in [0, 0.1) is 0 Å². The molecule has 0 heterocycles. The van der Waals surface area contributed by atoms with E-state index in [1.165, 1.54) is 6.08 Å². The van der Waals surface area contributed by atoms with Crippen LogP contribution in [-0.2, 0) is 11.3 Å². The number of hydrogen-bond donors (Lipinski definition) is 2. The summed E-state index contributed by atoms with van der Waals surface area (Å²) in [5.41, 5.74) is 0.751. The molecule has 5 nitrogen and oxygen atoms in total. The van der Waals surface area contributed by atoms with Crippen molar-refractivity contribution in [2.75, 3.05) is 13.6 Å². The molecule has 2 amide bonds. The van der Waals surface area contributed by atoms with E-state index in [0.29, 0.717) is 18.7 Å². The molecule has 2 rings (SSSR count). The highest BCUT2D eigenvalue weighted by molar-refractivity contribution is 5.94. The first-order chi connectivity index (χ1) is 10.9. The summed E-state index contributed by atoms with van der Waals surface area (Å²) in [5.74, 6) is -0.332. The van der Waals surface area contributed by atoms with E-state index in [1.807, 2.05) is 12.1 Å². The molecule has 0 saturated heterocycles. The van der Waals surface area contributed by atoms with Gasteiger partial charge in [0.1, 0.15) is 0 Å². The normalized spacial score (nSPS) is 15.9. The van der Waals surface area contributed by atoms with Crippen LogP contribution in [0.3, 0.4) is 0 Å². The molecule has 0 spiro atoms. The van der Waals surface area contributed by atoms with Crippen molar-refractivity contribution in [3.8, 4) is 0 Å². The van der Waals surface area contributed by atoms with Crippen molar-refractivity contribution < 1.29 is 14.7 Å². The second-order valence-electron chi connectivity index (χ2n) is 6.21. The Morgan fingerprint density at radius 2 is 1.91 bits per heavy atom. The highest BCUT2D eigenvalue weighted by Crippen LogP contribution is 2.30. The largest absolute Gasteiger partial charge is 0.388 e. The van der Waals surface area contributed by atoms with Gasteiger partial charge in [-0.25, -0.2) is 0 Å². The molecule has 1 fully saturated rings. The van der Waals surface area contributed by atoms with Gasteiger partial charge in [-0.2, -0.15) is 0 Å². The van der Waals surface area contributed by atoms with Crippen LogP contribution in [0.15, 0.2) is 36.9 Å². The number of amides is 2. The molecule has 1 aromatic carbocycles. The Kier molecular flexibility index (Phi) is 5.55. The molecule has 1 saturated carbocycles. The summed E-state index contributed by atoms with van der Waals surface area (Å²) in [6, 6.07) is 7.11. The second kappa shape index (κ2) is 7.42. The first-order valence-electron chi connectivity index (χ1n) is 7.90. The Balaban J connectivity index is 1.93. The van der Waals surface area contributed by atoms with E-state index < -0.39 is 5.60 Å². The number of carbonyl (C=O) groups excluding carboxylic acids is 2. The van der Waals surface area contributed by atoms with Crippen molar-refractivity contribution in [1.29, 1.82) is 0 Å². The highest BCUT2D eigenvalue weighted by Gasteiger charge is 2.33. The van der Waals surface area contributed by atoms with Gasteiger partial charge >= 0.3 is 0 Å². The van der Waals surface area contributed by atoms with Gasteiger partial charge < -0.3 is 15.3 Å². The summed E-state index contributed by atoms with van der Waals surface area (Å²) in [5, 5.41) is 13.1. The summed E-state index contributed by atoms with van der Waals surface area (Å²) < 4.78 is 0. The van der Waals surface area contributed by atoms with Crippen LogP contribution in [0.2, 0.25) is 0 Å². The lowest BCUT2D eigenvalue weighted by molar-refractivity contribution is -0.116. The summed E-state index contributed by atoms with van der Waals surface area (Å²) in [4.78, 5) is 25.1. The van der Waals surface area contributed by atoms with Crippen LogP contribution in [-0.4, -0.2) is 41.0 Å². The van der Waals surface area contributed by atoms with Gasteiger partial charge in [-0.15, -0.1) is 0 Å².